The molecule has 0 radical (unpaired) electrons. The standard InChI is InChI=1S/C16H24O2/c1-4-6-7-8-10-14-13(9-5-2)11-12-15(17)16(14)18-3/h5,11-12,17H,2,4,6-10H2,1,3H3. The van der Waals surface area contributed by atoms with Crippen molar-refractivity contribution in [3.63, 3.8) is 0 Å². The van der Waals surface area contributed by atoms with Crippen molar-refractivity contribution in [3.8, 4) is 11.5 Å². The second-order valence-electron chi connectivity index (χ2n) is 4.56. The van der Waals surface area contributed by atoms with Gasteiger partial charge in [-0.05, 0) is 30.9 Å². The first kappa shape index (κ1) is 14.6. The zero-order chi connectivity index (χ0) is 13.4. The minimum absolute atomic E-state index is 0.232. The fourth-order valence-electron chi connectivity index (χ4n) is 2.23. The molecule has 0 bridgehead atoms. The minimum Gasteiger partial charge on any atom is -0.504 e. The molecule has 18 heavy (non-hydrogen) atoms. The lowest BCUT2D eigenvalue weighted by Crippen LogP contribution is -1.99. The highest BCUT2D eigenvalue weighted by molar-refractivity contribution is 5.50. The van der Waals surface area contributed by atoms with E-state index < -0.39 is 0 Å². The molecule has 0 fully saturated rings. The number of aromatic hydroxyl groups is 1. The van der Waals surface area contributed by atoms with E-state index in [-0.39, 0.29) is 5.75 Å². The zero-order valence-electron chi connectivity index (χ0n) is 11.5. The molecule has 2 nitrogen and oxygen atoms in total. The van der Waals surface area contributed by atoms with Crippen molar-refractivity contribution in [2.45, 2.75) is 45.4 Å². The van der Waals surface area contributed by atoms with Crippen molar-refractivity contribution in [2.75, 3.05) is 7.11 Å². The van der Waals surface area contributed by atoms with Gasteiger partial charge in [-0.15, -0.1) is 6.58 Å². The highest BCUT2D eigenvalue weighted by Crippen LogP contribution is 2.34. The average Bonchev–Trinajstić information content (AvgIpc) is 2.37. The van der Waals surface area contributed by atoms with Gasteiger partial charge in [0.2, 0.25) is 0 Å². The Morgan fingerprint density at radius 2 is 2.06 bits per heavy atom. The molecule has 0 aliphatic rings. The maximum absolute atomic E-state index is 9.84. The smallest absolute Gasteiger partial charge is 0.163 e. The minimum atomic E-state index is 0.232. The van der Waals surface area contributed by atoms with E-state index in [9.17, 15) is 5.11 Å². The van der Waals surface area contributed by atoms with E-state index in [1.165, 1.54) is 24.8 Å². The molecule has 1 rings (SSSR count). The van der Waals surface area contributed by atoms with Crippen LogP contribution in [0.1, 0.15) is 43.7 Å². The first-order chi connectivity index (χ1) is 8.74. The Hall–Kier alpha value is -1.44. The van der Waals surface area contributed by atoms with E-state index >= 15 is 0 Å². The Balaban J connectivity index is 2.88. The summed E-state index contributed by atoms with van der Waals surface area (Å²) >= 11 is 0. The Morgan fingerprint density at radius 3 is 2.67 bits per heavy atom. The molecule has 0 aliphatic carbocycles. The quantitative estimate of drug-likeness (QED) is 0.550. The molecule has 0 unspecified atom stereocenters. The third-order valence-corrected chi connectivity index (χ3v) is 3.19. The lowest BCUT2D eigenvalue weighted by molar-refractivity contribution is 0.368. The third-order valence-electron chi connectivity index (χ3n) is 3.19. The van der Waals surface area contributed by atoms with Gasteiger partial charge in [0, 0.05) is 5.56 Å². The molecule has 0 aliphatic heterocycles. The highest BCUT2D eigenvalue weighted by Gasteiger charge is 2.12. The molecule has 100 valence electrons. The van der Waals surface area contributed by atoms with Crippen molar-refractivity contribution in [3.05, 3.63) is 35.9 Å². The van der Waals surface area contributed by atoms with Crippen molar-refractivity contribution < 1.29 is 9.84 Å². The van der Waals surface area contributed by atoms with Gasteiger partial charge in [-0.25, -0.2) is 0 Å². The fraction of sp³-hybridized carbons (Fsp3) is 0.500. The van der Waals surface area contributed by atoms with E-state index in [0.29, 0.717) is 5.75 Å². The van der Waals surface area contributed by atoms with Crippen LogP contribution in [0.25, 0.3) is 0 Å². The van der Waals surface area contributed by atoms with Crippen LogP contribution in [0.15, 0.2) is 24.8 Å². The van der Waals surface area contributed by atoms with E-state index in [0.717, 1.165) is 24.8 Å². The molecular formula is C16H24O2. The number of unbranched alkanes of at least 4 members (excludes halogenated alkanes) is 3. The molecule has 1 aromatic rings. The van der Waals surface area contributed by atoms with Gasteiger partial charge in [-0.1, -0.05) is 38.3 Å². The number of phenols is 1. The maximum atomic E-state index is 9.84. The Morgan fingerprint density at radius 1 is 1.28 bits per heavy atom. The zero-order valence-corrected chi connectivity index (χ0v) is 11.5. The summed E-state index contributed by atoms with van der Waals surface area (Å²) in [5.41, 5.74) is 2.34. The SMILES string of the molecule is C=CCc1ccc(O)c(OC)c1CCCCCC. The molecule has 2 heteroatoms. The van der Waals surface area contributed by atoms with Gasteiger partial charge in [0.1, 0.15) is 0 Å². The molecule has 0 saturated carbocycles. The van der Waals surface area contributed by atoms with E-state index in [4.69, 9.17) is 4.74 Å². The Bertz CT molecular complexity index is 383. The lowest BCUT2D eigenvalue weighted by atomic mass is 9.97. The number of benzene rings is 1. The van der Waals surface area contributed by atoms with Crippen molar-refractivity contribution in [1.82, 2.24) is 0 Å². The second kappa shape index (κ2) is 7.80. The second-order valence-corrected chi connectivity index (χ2v) is 4.56. The number of methoxy groups -OCH3 is 1. The number of rotatable bonds is 8. The number of phenolic OH excluding ortho intramolecular Hbond substituents is 1. The van der Waals surface area contributed by atoms with Crippen LogP contribution in [0.2, 0.25) is 0 Å². The van der Waals surface area contributed by atoms with Crippen LogP contribution in [0.4, 0.5) is 0 Å². The largest absolute Gasteiger partial charge is 0.504 e. The Labute approximate surface area is 110 Å². The molecule has 0 heterocycles. The van der Waals surface area contributed by atoms with Crippen LogP contribution in [-0.4, -0.2) is 12.2 Å². The summed E-state index contributed by atoms with van der Waals surface area (Å²) in [6.07, 6.45) is 8.52. The van der Waals surface area contributed by atoms with Gasteiger partial charge < -0.3 is 9.84 Å². The van der Waals surface area contributed by atoms with Crippen LogP contribution in [0.3, 0.4) is 0 Å². The number of ether oxygens (including phenoxy) is 1. The highest BCUT2D eigenvalue weighted by atomic mass is 16.5. The van der Waals surface area contributed by atoms with Gasteiger partial charge in [0.05, 0.1) is 7.11 Å². The average molecular weight is 248 g/mol. The van der Waals surface area contributed by atoms with E-state index in [1.807, 2.05) is 12.1 Å². The molecule has 0 amide bonds. The molecule has 0 spiro atoms. The van der Waals surface area contributed by atoms with Gasteiger partial charge in [-0.3, -0.25) is 0 Å². The first-order valence-electron chi connectivity index (χ1n) is 6.73. The van der Waals surface area contributed by atoms with Crippen LogP contribution in [-0.2, 0) is 12.8 Å². The first-order valence-corrected chi connectivity index (χ1v) is 6.73. The maximum Gasteiger partial charge on any atom is 0.163 e. The topological polar surface area (TPSA) is 29.5 Å². The summed E-state index contributed by atoms with van der Waals surface area (Å²) in [6, 6.07) is 3.67. The lowest BCUT2D eigenvalue weighted by Gasteiger charge is -2.14. The monoisotopic (exact) mass is 248 g/mol. The summed E-state index contributed by atoms with van der Waals surface area (Å²) in [5.74, 6) is 0.863. The number of hydrogen-bond donors (Lipinski definition) is 1. The summed E-state index contributed by atoms with van der Waals surface area (Å²) in [4.78, 5) is 0. The van der Waals surface area contributed by atoms with Crippen LogP contribution in [0.5, 0.6) is 11.5 Å². The summed E-state index contributed by atoms with van der Waals surface area (Å²) in [5, 5.41) is 9.84. The summed E-state index contributed by atoms with van der Waals surface area (Å²) in [6.45, 7) is 5.99. The fourth-order valence-corrected chi connectivity index (χ4v) is 2.23. The number of allylic oxidation sites excluding steroid dienone is 1. The predicted molar refractivity (Wildman–Crippen MR) is 76.4 cm³/mol. The summed E-state index contributed by atoms with van der Waals surface area (Å²) < 4.78 is 5.34. The van der Waals surface area contributed by atoms with E-state index in [1.54, 1.807) is 13.2 Å². The van der Waals surface area contributed by atoms with Crippen molar-refractivity contribution in [2.24, 2.45) is 0 Å². The number of hydrogen-bond acceptors (Lipinski definition) is 2. The predicted octanol–water partition coefficient (Wildman–Crippen LogP) is 4.25. The molecule has 1 aromatic carbocycles. The molecule has 0 atom stereocenters. The van der Waals surface area contributed by atoms with E-state index in [2.05, 4.69) is 13.5 Å². The summed E-state index contributed by atoms with van der Waals surface area (Å²) in [7, 11) is 1.61. The van der Waals surface area contributed by atoms with Crippen molar-refractivity contribution in [1.29, 1.82) is 0 Å². The molecule has 0 aromatic heterocycles. The van der Waals surface area contributed by atoms with Gasteiger partial charge >= 0.3 is 0 Å². The van der Waals surface area contributed by atoms with Crippen LogP contribution in [0, 0.1) is 0 Å². The van der Waals surface area contributed by atoms with Crippen LogP contribution < -0.4 is 4.74 Å². The molecule has 1 N–H and O–H groups in total. The third kappa shape index (κ3) is 3.80. The molecular weight excluding hydrogens is 224 g/mol. The van der Waals surface area contributed by atoms with Crippen molar-refractivity contribution >= 4 is 0 Å². The van der Waals surface area contributed by atoms with Gasteiger partial charge in [0.25, 0.3) is 0 Å². The normalized spacial score (nSPS) is 10.3. The Kier molecular flexibility index (Phi) is 6.34. The van der Waals surface area contributed by atoms with Crippen LogP contribution >= 0.6 is 0 Å². The van der Waals surface area contributed by atoms with Gasteiger partial charge in [0.15, 0.2) is 11.5 Å². The van der Waals surface area contributed by atoms with Gasteiger partial charge in [-0.2, -0.15) is 0 Å². The molecule has 0 saturated heterocycles.